The molecule has 0 radical (unpaired) electrons. The first kappa shape index (κ1) is 15.1. The van der Waals surface area contributed by atoms with Crippen molar-refractivity contribution in [3.8, 4) is 11.5 Å². The number of benzene rings is 1. The van der Waals surface area contributed by atoms with Gasteiger partial charge in [-0.25, -0.2) is 4.79 Å². The number of ether oxygens (including phenoxy) is 2. The molecule has 8 heteroatoms. The Morgan fingerprint density at radius 2 is 2.14 bits per heavy atom. The van der Waals surface area contributed by atoms with E-state index in [0.29, 0.717) is 5.82 Å². The normalized spacial score (nSPS) is 10.5. The van der Waals surface area contributed by atoms with Crippen LogP contribution >= 0.6 is 11.6 Å². The van der Waals surface area contributed by atoms with E-state index in [0.717, 1.165) is 5.82 Å². The highest BCUT2D eigenvalue weighted by atomic mass is 35.5. The number of hydrogen-bond donors (Lipinski definition) is 1. The molecule has 2 aromatic rings. The molecule has 1 N–H and O–H groups in total. The lowest BCUT2D eigenvalue weighted by Crippen LogP contribution is -2.06. The van der Waals surface area contributed by atoms with Crippen molar-refractivity contribution in [2.75, 3.05) is 7.11 Å². The summed E-state index contributed by atoms with van der Waals surface area (Å²) in [5.74, 6) is 0.801. The van der Waals surface area contributed by atoms with Crippen LogP contribution in [0.1, 0.15) is 22.0 Å². The second-order valence-electron chi connectivity index (χ2n) is 4.31. The summed E-state index contributed by atoms with van der Waals surface area (Å²) in [5.41, 5.74) is 0.0266. The number of carboxylic acid groups (broad SMARTS) is 1. The van der Waals surface area contributed by atoms with Gasteiger partial charge in [-0.15, -0.1) is 10.2 Å². The van der Waals surface area contributed by atoms with Crippen LogP contribution in [0.2, 0.25) is 5.02 Å². The van der Waals surface area contributed by atoms with Crippen molar-refractivity contribution in [1.29, 1.82) is 0 Å². The van der Waals surface area contributed by atoms with E-state index in [1.54, 1.807) is 4.57 Å². The molecular weight excluding hydrogens is 298 g/mol. The predicted molar refractivity (Wildman–Crippen MR) is 75.0 cm³/mol. The van der Waals surface area contributed by atoms with E-state index in [9.17, 15) is 4.79 Å². The highest BCUT2D eigenvalue weighted by molar-refractivity contribution is 6.32. The number of aryl methyl sites for hydroxylation is 1. The van der Waals surface area contributed by atoms with Gasteiger partial charge in [-0.2, -0.15) is 0 Å². The zero-order valence-electron chi connectivity index (χ0n) is 11.8. The SMILES string of the molecule is COc1cc(C(=O)O)cc(Cl)c1OCc1nnc(C)n1C. The number of nitrogens with zero attached hydrogens (tertiary/aromatic N) is 3. The molecular formula is C13H14ClN3O4. The van der Waals surface area contributed by atoms with Gasteiger partial charge in [0.1, 0.15) is 12.4 Å². The second kappa shape index (κ2) is 6.01. The fourth-order valence-corrected chi connectivity index (χ4v) is 1.96. The maximum atomic E-state index is 11.0. The molecule has 0 bridgehead atoms. The molecule has 7 nitrogen and oxygen atoms in total. The van der Waals surface area contributed by atoms with E-state index in [1.807, 2.05) is 14.0 Å². The summed E-state index contributed by atoms with van der Waals surface area (Å²) < 4.78 is 12.5. The van der Waals surface area contributed by atoms with E-state index in [1.165, 1.54) is 19.2 Å². The molecule has 0 amide bonds. The minimum atomic E-state index is -1.09. The van der Waals surface area contributed by atoms with Gasteiger partial charge in [-0.3, -0.25) is 0 Å². The third kappa shape index (κ3) is 3.08. The van der Waals surface area contributed by atoms with E-state index < -0.39 is 5.97 Å². The van der Waals surface area contributed by atoms with Gasteiger partial charge in [-0.1, -0.05) is 11.6 Å². The number of hydrogen-bond acceptors (Lipinski definition) is 5. The van der Waals surface area contributed by atoms with Crippen LogP contribution < -0.4 is 9.47 Å². The molecule has 2 rings (SSSR count). The van der Waals surface area contributed by atoms with Crippen molar-refractivity contribution in [3.05, 3.63) is 34.4 Å². The maximum absolute atomic E-state index is 11.0. The predicted octanol–water partition coefficient (Wildman–Crippen LogP) is 2.06. The molecule has 0 saturated heterocycles. The Bertz CT molecular complexity index is 684. The van der Waals surface area contributed by atoms with Gasteiger partial charge < -0.3 is 19.1 Å². The van der Waals surface area contributed by atoms with E-state index in [-0.39, 0.29) is 28.7 Å². The van der Waals surface area contributed by atoms with Crippen LogP contribution in [0.4, 0.5) is 0 Å². The van der Waals surface area contributed by atoms with Gasteiger partial charge >= 0.3 is 5.97 Å². The van der Waals surface area contributed by atoms with Crippen LogP contribution in [-0.4, -0.2) is 33.0 Å². The Labute approximate surface area is 126 Å². The summed E-state index contributed by atoms with van der Waals surface area (Å²) >= 11 is 6.06. The number of aromatic nitrogens is 3. The Morgan fingerprint density at radius 1 is 1.43 bits per heavy atom. The van der Waals surface area contributed by atoms with Gasteiger partial charge in [-0.05, 0) is 19.1 Å². The largest absolute Gasteiger partial charge is 0.493 e. The van der Waals surface area contributed by atoms with Gasteiger partial charge in [0.2, 0.25) is 0 Å². The number of halogens is 1. The lowest BCUT2D eigenvalue weighted by Gasteiger charge is -2.13. The minimum Gasteiger partial charge on any atom is -0.493 e. The Morgan fingerprint density at radius 3 is 2.67 bits per heavy atom. The number of carboxylic acids is 1. The van der Waals surface area contributed by atoms with Crippen molar-refractivity contribution in [2.24, 2.45) is 7.05 Å². The monoisotopic (exact) mass is 311 g/mol. The molecule has 1 aromatic carbocycles. The summed E-state index contributed by atoms with van der Waals surface area (Å²) in [5, 5.41) is 17.0. The quantitative estimate of drug-likeness (QED) is 0.909. The molecule has 0 unspecified atom stereocenters. The molecule has 0 spiro atoms. The molecule has 21 heavy (non-hydrogen) atoms. The van der Waals surface area contributed by atoms with E-state index in [4.69, 9.17) is 26.2 Å². The zero-order valence-corrected chi connectivity index (χ0v) is 12.5. The highest BCUT2D eigenvalue weighted by Crippen LogP contribution is 2.36. The minimum absolute atomic E-state index is 0.0266. The van der Waals surface area contributed by atoms with Crippen molar-refractivity contribution in [1.82, 2.24) is 14.8 Å². The standard InChI is InChI=1S/C13H14ClN3O4/c1-7-15-16-11(17(7)2)6-21-12-9(14)4-8(13(18)19)5-10(12)20-3/h4-5H,6H2,1-3H3,(H,18,19). The van der Waals surface area contributed by atoms with Gasteiger partial charge in [0.05, 0.1) is 17.7 Å². The van der Waals surface area contributed by atoms with E-state index in [2.05, 4.69) is 10.2 Å². The molecule has 0 saturated carbocycles. The molecule has 1 heterocycles. The number of rotatable bonds is 5. The van der Waals surface area contributed by atoms with Crippen LogP contribution in [-0.2, 0) is 13.7 Å². The van der Waals surface area contributed by atoms with Crippen LogP contribution in [0, 0.1) is 6.92 Å². The number of aromatic carboxylic acids is 1. The van der Waals surface area contributed by atoms with Crippen molar-refractivity contribution in [3.63, 3.8) is 0 Å². The topological polar surface area (TPSA) is 86.5 Å². The Kier molecular flexibility index (Phi) is 4.32. The molecule has 0 aliphatic heterocycles. The average molecular weight is 312 g/mol. The van der Waals surface area contributed by atoms with Crippen molar-refractivity contribution >= 4 is 17.6 Å². The fraction of sp³-hybridized carbons (Fsp3) is 0.308. The fourth-order valence-electron chi connectivity index (χ4n) is 1.70. The smallest absolute Gasteiger partial charge is 0.335 e. The lowest BCUT2D eigenvalue weighted by molar-refractivity contribution is 0.0696. The average Bonchev–Trinajstić information content (AvgIpc) is 2.76. The van der Waals surface area contributed by atoms with Crippen LogP contribution in [0.5, 0.6) is 11.5 Å². The Balaban J connectivity index is 2.27. The molecule has 0 atom stereocenters. The molecule has 112 valence electrons. The second-order valence-corrected chi connectivity index (χ2v) is 4.71. The maximum Gasteiger partial charge on any atom is 0.335 e. The summed E-state index contributed by atoms with van der Waals surface area (Å²) in [4.78, 5) is 11.0. The summed E-state index contributed by atoms with van der Waals surface area (Å²) in [6, 6.07) is 2.66. The van der Waals surface area contributed by atoms with Crippen LogP contribution in [0.15, 0.2) is 12.1 Å². The van der Waals surface area contributed by atoms with Crippen molar-refractivity contribution < 1.29 is 19.4 Å². The summed E-state index contributed by atoms with van der Waals surface area (Å²) in [6.45, 7) is 1.96. The van der Waals surface area contributed by atoms with Gasteiger partial charge in [0.25, 0.3) is 0 Å². The lowest BCUT2D eigenvalue weighted by atomic mass is 10.2. The van der Waals surface area contributed by atoms with Gasteiger partial charge in [0, 0.05) is 7.05 Å². The molecule has 0 aliphatic rings. The first-order valence-electron chi connectivity index (χ1n) is 6.02. The third-order valence-corrected chi connectivity index (χ3v) is 3.29. The summed E-state index contributed by atoms with van der Waals surface area (Å²) in [6.07, 6.45) is 0. The summed E-state index contributed by atoms with van der Waals surface area (Å²) in [7, 11) is 3.23. The molecule has 0 fully saturated rings. The first-order chi connectivity index (χ1) is 9.93. The third-order valence-electron chi connectivity index (χ3n) is 3.00. The Hall–Kier alpha value is -2.28. The van der Waals surface area contributed by atoms with E-state index >= 15 is 0 Å². The number of carbonyl (C=O) groups is 1. The molecule has 0 aliphatic carbocycles. The highest BCUT2D eigenvalue weighted by Gasteiger charge is 2.16. The van der Waals surface area contributed by atoms with Gasteiger partial charge in [0.15, 0.2) is 17.3 Å². The molecule has 1 aromatic heterocycles. The van der Waals surface area contributed by atoms with Crippen LogP contribution in [0.3, 0.4) is 0 Å². The zero-order chi connectivity index (χ0) is 15.6. The first-order valence-corrected chi connectivity index (χ1v) is 6.40. The number of methoxy groups -OCH3 is 1. The van der Waals surface area contributed by atoms with Crippen LogP contribution in [0.25, 0.3) is 0 Å². The van der Waals surface area contributed by atoms with Crippen molar-refractivity contribution in [2.45, 2.75) is 13.5 Å².